The van der Waals surface area contributed by atoms with Gasteiger partial charge in [-0.1, -0.05) is 54.1 Å². The summed E-state index contributed by atoms with van der Waals surface area (Å²) in [5, 5.41) is 4.93. The molecule has 4 rings (SSSR count). The van der Waals surface area contributed by atoms with Crippen molar-refractivity contribution < 1.29 is 14.3 Å². The Hall–Kier alpha value is -3.14. The summed E-state index contributed by atoms with van der Waals surface area (Å²) >= 11 is 0. The van der Waals surface area contributed by atoms with E-state index >= 15 is 0 Å². The Morgan fingerprint density at radius 1 is 1.08 bits per heavy atom. The van der Waals surface area contributed by atoms with E-state index in [-0.39, 0.29) is 5.91 Å². The third kappa shape index (κ3) is 2.73. The van der Waals surface area contributed by atoms with Crippen LogP contribution in [0.15, 0.2) is 60.7 Å². The van der Waals surface area contributed by atoms with Gasteiger partial charge in [0.25, 0.3) is 5.91 Å². The maximum Gasteiger partial charge on any atom is 0.339 e. The van der Waals surface area contributed by atoms with Gasteiger partial charge in [-0.25, -0.2) is 4.79 Å². The minimum atomic E-state index is -1.24. The lowest BCUT2D eigenvalue weighted by Crippen LogP contribution is -2.49. The second-order valence-corrected chi connectivity index (χ2v) is 6.94. The van der Waals surface area contributed by atoms with E-state index in [1.54, 1.807) is 13.0 Å². The van der Waals surface area contributed by atoms with Crippen molar-refractivity contribution in [2.45, 2.75) is 25.9 Å². The van der Waals surface area contributed by atoms with Gasteiger partial charge in [0, 0.05) is 17.5 Å². The SMILES string of the molecule is Cc1ccc2c(c1)CC(C)(C(=O)Nc1cccc3ccccc13)OC2=O. The fourth-order valence-corrected chi connectivity index (χ4v) is 3.44. The van der Waals surface area contributed by atoms with E-state index in [0.717, 1.165) is 21.9 Å². The number of carbonyl (C=O) groups is 2. The molecule has 4 nitrogen and oxygen atoms in total. The highest BCUT2D eigenvalue weighted by Gasteiger charge is 2.42. The van der Waals surface area contributed by atoms with Crippen molar-refractivity contribution in [3.05, 3.63) is 77.4 Å². The lowest BCUT2D eigenvalue weighted by Gasteiger charge is -2.33. The summed E-state index contributed by atoms with van der Waals surface area (Å²) in [7, 11) is 0. The van der Waals surface area contributed by atoms with Crippen molar-refractivity contribution in [3.8, 4) is 0 Å². The van der Waals surface area contributed by atoms with Crippen LogP contribution in [0.25, 0.3) is 10.8 Å². The van der Waals surface area contributed by atoms with E-state index in [1.807, 2.05) is 61.5 Å². The van der Waals surface area contributed by atoms with Gasteiger partial charge in [0.2, 0.25) is 0 Å². The molecule has 130 valence electrons. The first kappa shape index (κ1) is 16.3. The van der Waals surface area contributed by atoms with Gasteiger partial charge in [-0.05, 0) is 36.9 Å². The van der Waals surface area contributed by atoms with Crippen LogP contribution in [0, 0.1) is 6.92 Å². The number of aryl methyl sites for hydroxylation is 1. The number of fused-ring (bicyclic) bond motifs is 2. The first-order valence-electron chi connectivity index (χ1n) is 8.58. The highest BCUT2D eigenvalue weighted by Crippen LogP contribution is 2.31. The molecule has 1 N–H and O–H groups in total. The van der Waals surface area contributed by atoms with Gasteiger partial charge in [0.1, 0.15) is 0 Å². The molecule has 0 saturated heterocycles. The lowest BCUT2D eigenvalue weighted by atomic mass is 9.88. The zero-order chi connectivity index (χ0) is 18.3. The highest BCUT2D eigenvalue weighted by atomic mass is 16.6. The van der Waals surface area contributed by atoms with Gasteiger partial charge in [-0.3, -0.25) is 4.79 Å². The standard InChI is InChI=1S/C22H19NO3/c1-14-10-11-18-16(12-14)13-22(2,26-20(18)24)21(25)23-19-9-5-7-15-6-3-4-8-17(15)19/h3-12H,13H2,1-2H3,(H,23,25). The summed E-state index contributed by atoms with van der Waals surface area (Å²) in [6, 6.07) is 19.2. The summed E-state index contributed by atoms with van der Waals surface area (Å²) < 4.78 is 5.54. The van der Waals surface area contributed by atoms with E-state index in [1.165, 1.54) is 0 Å². The van der Waals surface area contributed by atoms with Crippen LogP contribution in [-0.4, -0.2) is 17.5 Å². The van der Waals surface area contributed by atoms with Gasteiger partial charge in [-0.2, -0.15) is 0 Å². The molecule has 1 atom stereocenters. The third-order valence-corrected chi connectivity index (χ3v) is 4.84. The molecular weight excluding hydrogens is 326 g/mol. The number of ether oxygens (including phenoxy) is 1. The fourth-order valence-electron chi connectivity index (χ4n) is 3.44. The Morgan fingerprint density at radius 2 is 1.85 bits per heavy atom. The summed E-state index contributed by atoms with van der Waals surface area (Å²) in [5.41, 5.74) is 1.90. The Balaban J connectivity index is 1.66. The zero-order valence-corrected chi connectivity index (χ0v) is 14.7. The second kappa shape index (κ2) is 5.99. The lowest BCUT2D eigenvalue weighted by molar-refractivity contribution is -0.134. The number of carbonyl (C=O) groups excluding carboxylic acids is 2. The number of rotatable bonds is 2. The predicted molar refractivity (Wildman–Crippen MR) is 101 cm³/mol. The molecule has 0 saturated carbocycles. The molecule has 0 fully saturated rings. The van der Waals surface area contributed by atoms with E-state index in [2.05, 4.69) is 5.32 Å². The molecule has 3 aromatic carbocycles. The topological polar surface area (TPSA) is 55.4 Å². The average molecular weight is 345 g/mol. The van der Waals surface area contributed by atoms with Crippen LogP contribution in [0.1, 0.15) is 28.4 Å². The molecule has 3 aromatic rings. The fraction of sp³-hybridized carbons (Fsp3) is 0.182. The molecule has 26 heavy (non-hydrogen) atoms. The van der Waals surface area contributed by atoms with Crippen LogP contribution in [0.4, 0.5) is 5.69 Å². The molecule has 0 bridgehead atoms. The van der Waals surface area contributed by atoms with E-state index in [9.17, 15) is 9.59 Å². The summed E-state index contributed by atoms with van der Waals surface area (Å²) in [6.07, 6.45) is 0.354. The summed E-state index contributed by atoms with van der Waals surface area (Å²) in [4.78, 5) is 25.4. The quantitative estimate of drug-likeness (QED) is 0.706. The average Bonchev–Trinajstić information content (AvgIpc) is 2.61. The van der Waals surface area contributed by atoms with E-state index in [4.69, 9.17) is 4.74 Å². The molecule has 1 aliphatic rings. The molecule has 1 unspecified atom stereocenters. The van der Waals surface area contributed by atoms with Gasteiger partial charge in [-0.15, -0.1) is 0 Å². The number of esters is 1. The van der Waals surface area contributed by atoms with Crippen LogP contribution in [0.2, 0.25) is 0 Å². The van der Waals surface area contributed by atoms with Crippen molar-refractivity contribution in [1.29, 1.82) is 0 Å². The molecule has 4 heteroatoms. The Labute approximate surface area is 151 Å². The van der Waals surface area contributed by atoms with Crippen molar-refractivity contribution in [2.75, 3.05) is 5.32 Å². The zero-order valence-electron chi connectivity index (χ0n) is 14.7. The monoisotopic (exact) mass is 345 g/mol. The van der Waals surface area contributed by atoms with Crippen molar-refractivity contribution in [2.24, 2.45) is 0 Å². The number of nitrogens with one attached hydrogen (secondary N) is 1. The highest BCUT2D eigenvalue weighted by molar-refractivity contribution is 6.07. The second-order valence-electron chi connectivity index (χ2n) is 6.94. The number of benzene rings is 3. The smallest absolute Gasteiger partial charge is 0.339 e. The predicted octanol–water partition coefficient (Wildman–Crippen LogP) is 4.26. The minimum absolute atomic E-state index is 0.325. The molecule has 0 spiro atoms. The van der Waals surface area contributed by atoms with Crippen LogP contribution < -0.4 is 5.32 Å². The van der Waals surface area contributed by atoms with Gasteiger partial charge >= 0.3 is 5.97 Å². The molecule has 1 aliphatic heterocycles. The summed E-state index contributed by atoms with van der Waals surface area (Å²) in [5.74, 6) is -0.781. The molecule has 0 aromatic heterocycles. The van der Waals surface area contributed by atoms with Crippen LogP contribution in [0.5, 0.6) is 0 Å². The molecule has 0 aliphatic carbocycles. The van der Waals surface area contributed by atoms with Crippen molar-refractivity contribution in [1.82, 2.24) is 0 Å². The number of amides is 1. The Bertz CT molecular complexity index is 1040. The largest absolute Gasteiger partial charge is 0.445 e. The van der Waals surface area contributed by atoms with Crippen molar-refractivity contribution in [3.63, 3.8) is 0 Å². The van der Waals surface area contributed by atoms with Gasteiger partial charge < -0.3 is 10.1 Å². The normalized spacial score (nSPS) is 18.9. The molecule has 0 radical (unpaired) electrons. The Morgan fingerprint density at radius 3 is 2.69 bits per heavy atom. The van der Waals surface area contributed by atoms with Crippen LogP contribution in [-0.2, 0) is 16.0 Å². The molecular formula is C22H19NO3. The number of hydrogen-bond donors (Lipinski definition) is 1. The van der Waals surface area contributed by atoms with Crippen LogP contribution >= 0.6 is 0 Å². The number of hydrogen-bond acceptors (Lipinski definition) is 3. The minimum Gasteiger partial charge on any atom is -0.445 e. The third-order valence-electron chi connectivity index (χ3n) is 4.84. The van der Waals surface area contributed by atoms with Crippen LogP contribution in [0.3, 0.4) is 0 Å². The summed E-state index contributed by atoms with van der Waals surface area (Å²) in [6.45, 7) is 3.63. The molecule has 1 heterocycles. The molecule has 1 amide bonds. The number of anilines is 1. The van der Waals surface area contributed by atoms with Gasteiger partial charge in [0.15, 0.2) is 5.60 Å². The van der Waals surface area contributed by atoms with Crippen molar-refractivity contribution >= 4 is 28.3 Å². The first-order chi connectivity index (χ1) is 12.5. The van der Waals surface area contributed by atoms with E-state index in [0.29, 0.717) is 17.7 Å². The maximum atomic E-state index is 13.0. The number of cyclic esters (lactones) is 1. The maximum absolute atomic E-state index is 13.0. The first-order valence-corrected chi connectivity index (χ1v) is 8.58. The Kier molecular flexibility index (Phi) is 3.76. The van der Waals surface area contributed by atoms with Gasteiger partial charge in [0.05, 0.1) is 5.56 Å². The van der Waals surface area contributed by atoms with E-state index < -0.39 is 11.6 Å².